The average molecular weight is 401 g/mol. The van der Waals surface area contributed by atoms with Crippen molar-refractivity contribution >= 4 is 31.9 Å². The highest BCUT2D eigenvalue weighted by molar-refractivity contribution is 9.10. The lowest BCUT2D eigenvalue weighted by Crippen LogP contribution is -2.06. The normalized spacial score (nSPS) is 10.4. The van der Waals surface area contributed by atoms with Crippen molar-refractivity contribution in [3.05, 3.63) is 50.9 Å². The van der Waals surface area contributed by atoms with E-state index in [1.807, 2.05) is 43.4 Å². The number of nitrogens with one attached hydrogen (secondary N) is 1. The molecular weight excluding hydrogens is 386 g/mol. The maximum absolute atomic E-state index is 6.00. The maximum Gasteiger partial charge on any atom is 0.141 e. The fourth-order valence-electron chi connectivity index (χ4n) is 1.77. The number of ether oxygens (including phenoxy) is 2. The Morgan fingerprint density at radius 1 is 1.05 bits per heavy atom. The van der Waals surface area contributed by atoms with E-state index < -0.39 is 0 Å². The van der Waals surface area contributed by atoms with Crippen molar-refractivity contribution in [2.45, 2.75) is 6.54 Å². The summed E-state index contributed by atoms with van der Waals surface area (Å²) in [6.45, 7) is 0.746. The number of hydrogen-bond donors (Lipinski definition) is 1. The second-order valence-electron chi connectivity index (χ2n) is 4.18. The average Bonchev–Trinajstić information content (AvgIpc) is 2.44. The third-order valence-electron chi connectivity index (χ3n) is 2.76. The third-order valence-corrected chi connectivity index (χ3v) is 3.87. The van der Waals surface area contributed by atoms with Gasteiger partial charge in [-0.2, -0.15) is 0 Å². The zero-order chi connectivity index (χ0) is 14.5. The Balaban J connectivity index is 2.31. The fraction of sp³-hybridized carbons (Fsp3) is 0.200. The molecule has 0 fully saturated rings. The van der Waals surface area contributed by atoms with Gasteiger partial charge in [-0.3, -0.25) is 0 Å². The molecule has 20 heavy (non-hydrogen) atoms. The summed E-state index contributed by atoms with van der Waals surface area (Å²) >= 11 is 6.97. The van der Waals surface area contributed by atoms with Gasteiger partial charge in [0.1, 0.15) is 17.2 Å². The molecule has 3 nitrogen and oxygen atoms in total. The predicted octanol–water partition coefficient (Wildman–Crippen LogP) is 4.73. The lowest BCUT2D eigenvalue weighted by Gasteiger charge is -2.13. The Morgan fingerprint density at radius 3 is 2.50 bits per heavy atom. The first-order valence-corrected chi connectivity index (χ1v) is 7.67. The van der Waals surface area contributed by atoms with Gasteiger partial charge in [0.05, 0.1) is 11.6 Å². The summed E-state index contributed by atoms with van der Waals surface area (Å²) in [5.41, 5.74) is 1.10. The first kappa shape index (κ1) is 15.4. The molecule has 106 valence electrons. The van der Waals surface area contributed by atoms with Gasteiger partial charge in [0.25, 0.3) is 0 Å². The first-order chi connectivity index (χ1) is 9.63. The lowest BCUT2D eigenvalue weighted by molar-refractivity contribution is 0.412. The number of halogens is 2. The van der Waals surface area contributed by atoms with E-state index in [1.54, 1.807) is 7.11 Å². The van der Waals surface area contributed by atoms with Crippen molar-refractivity contribution in [1.29, 1.82) is 0 Å². The first-order valence-electron chi connectivity index (χ1n) is 6.08. The van der Waals surface area contributed by atoms with E-state index in [-0.39, 0.29) is 0 Å². The van der Waals surface area contributed by atoms with Crippen LogP contribution in [0.3, 0.4) is 0 Å². The minimum absolute atomic E-state index is 0.746. The highest BCUT2D eigenvalue weighted by Crippen LogP contribution is 2.35. The van der Waals surface area contributed by atoms with Crippen molar-refractivity contribution in [2.24, 2.45) is 0 Å². The topological polar surface area (TPSA) is 30.5 Å². The molecule has 0 unspecified atom stereocenters. The van der Waals surface area contributed by atoms with E-state index in [1.165, 1.54) is 0 Å². The summed E-state index contributed by atoms with van der Waals surface area (Å²) in [7, 11) is 3.55. The van der Waals surface area contributed by atoms with Gasteiger partial charge in [-0.15, -0.1) is 0 Å². The van der Waals surface area contributed by atoms with Crippen LogP contribution in [0.25, 0.3) is 0 Å². The van der Waals surface area contributed by atoms with Crippen LogP contribution in [0, 0.1) is 0 Å². The summed E-state index contributed by atoms with van der Waals surface area (Å²) in [6, 6.07) is 11.6. The van der Waals surface area contributed by atoms with Gasteiger partial charge < -0.3 is 14.8 Å². The molecule has 0 radical (unpaired) electrons. The van der Waals surface area contributed by atoms with Gasteiger partial charge in [-0.05, 0) is 53.3 Å². The van der Waals surface area contributed by atoms with Crippen LogP contribution in [0.15, 0.2) is 45.3 Å². The highest BCUT2D eigenvalue weighted by Gasteiger charge is 2.09. The largest absolute Gasteiger partial charge is 0.497 e. The zero-order valence-electron chi connectivity index (χ0n) is 11.2. The molecule has 5 heteroatoms. The molecule has 0 atom stereocenters. The molecule has 0 saturated heterocycles. The molecule has 0 aliphatic rings. The predicted molar refractivity (Wildman–Crippen MR) is 87.7 cm³/mol. The maximum atomic E-state index is 6.00. The van der Waals surface area contributed by atoms with Crippen LogP contribution in [0.5, 0.6) is 17.2 Å². The van der Waals surface area contributed by atoms with E-state index in [0.29, 0.717) is 0 Å². The summed E-state index contributed by atoms with van der Waals surface area (Å²) < 4.78 is 13.0. The molecule has 0 spiro atoms. The van der Waals surface area contributed by atoms with Gasteiger partial charge in [-0.25, -0.2) is 0 Å². The second-order valence-corrected chi connectivity index (χ2v) is 5.95. The van der Waals surface area contributed by atoms with E-state index in [4.69, 9.17) is 9.47 Å². The Hall–Kier alpha value is -1.04. The molecule has 0 bridgehead atoms. The van der Waals surface area contributed by atoms with Crippen LogP contribution in [0.4, 0.5) is 0 Å². The van der Waals surface area contributed by atoms with Crippen molar-refractivity contribution in [2.75, 3.05) is 14.2 Å². The Kier molecular flexibility index (Phi) is 5.46. The molecular formula is C15H15Br2NO2. The van der Waals surface area contributed by atoms with E-state index in [9.17, 15) is 0 Å². The summed E-state index contributed by atoms with van der Waals surface area (Å²) in [5.74, 6) is 2.36. The van der Waals surface area contributed by atoms with Gasteiger partial charge in [0, 0.05) is 16.6 Å². The third kappa shape index (κ3) is 3.75. The number of benzene rings is 2. The molecule has 0 aliphatic carbocycles. The van der Waals surface area contributed by atoms with Crippen LogP contribution in [-0.4, -0.2) is 14.2 Å². The zero-order valence-corrected chi connectivity index (χ0v) is 14.4. The van der Waals surface area contributed by atoms with E-state index in [2.05, 4.69) is 37.2 Å². The summed E-state index contributed by atoms with van der Waals surface area (Å²) in [6.07, 6.45) is 0. The molecule has 2 aromatic carbocycles. The van der Waals surface area contributed by atoms with Crippen molar-refractivity contribution in [1.82, 2.24) is 5.32 Å². The van der Waals surface area contributed by atoms with Gasteiger partial charge in [0.2, 0.25) is 0 Å². The van der Waals surface area contributed by atoms with Crippen LogP contribution in [0.1, 0.15) is 5.56 Å². The van der Waals surface area contributed by atoms with Gasteiger partial charge >= 0.3 is 0 Å². The standard InChI is InChI=1S/C15H15Br2NO2/c1-18-9-10-3-4-11(16)7-15(10)20-14-6-5-12(19-2)8-13(14)17/h3-8,18H,9H2,1-2H3. The van der Waals surface area contributed by atoms with Crippen molar-refractivity contribution < 1.29 is 9.47 Å². The monoisotopic (exact) mass is 399 g/mol. The Labute approximate surface area is 135 Å². The quantitative estimate of drug-likeness (QED) is 0.786. The van der Waals surface area contributed by atoms with Crippen LogP contribution in [0.2, 0.25) is 0 Å². The molecule has 0 saturated carbocycles. The fourth-order valence-corrected chi connectivity index (χ4v) is 2.55. The summed E-state index contributed by atoms with van der Waals surface area (Å²) in [5, 5.41) is 3.14. The van der Waals surface area contributed by atoms with Crippen molar-refractivity contribution in [3.63, 3.8) is 0 Å². The van der Waals surface area contributed by atoms with Gasteiger partial charge in [0.15, 0.2) is 0 Å². The van der Waals surface area contributed by atoms with E-state index in [0.717, 1.165) is 38.3 Å². The Bertz CT molecular complexity index is 602. The van der Waals surface area contributed by atoms with Crippen LogP contribution >= 0.6 is 31.9 Å². The molecule has 1 N–H and O–H groups in total. The minimum Gasteiger partial charge on any atom is -0.497 e. The number of rotatable bonds is 5. The number of methoxy groups -OCH3 is 1. The van der Waals surface area contributed by atoms with Crippen LogP contribution in [-0.2, 0) is 6.54 Å². The SMILES string of the molecule is CNCc1ccc(Br)cc1Oc1ccc(OC)cc1Br. The number of hydrogen-bond acceptors (Lipinski definition) is 3. The van der Waals surface area contributed by atoms with E-state index >= 15 is 0 Å². The van der Waals surface area contributed by atoms with Crippen LogP contribution < -0.4 is 14.8 Å². The molecule has 0 amide bonds. The molecule has 2 aromatic rings. The molecule has 0 aromatic heterocycles. The minimum atomic E-state index is 0.746. The molecule has 2 rings (SSSR count). The second kappa shape index (κ2) is 7.11. The smallest absolute Gasteiger partial charge is 0.141 e. The molecule has 0 heterocycles. The summed E-state index contributed by atoms with van der Waals surface area (Å²) in [4.78, 5) is 0. The highest BCUT2D eigenvalue weighted by atomic mass is 79.9. The molecule has 0 aliphatic heterocycles. The van der Waals surface area contributed by atoms with Gasteiger partial charge in [-0.1, -0.05) is 22.0 Å². The van der Waals surface area contributed by atoms with Crippen molar-refractivity contribution in [3.8, 4) is 17.2 Å². The Morgan fingerprint density at radius 2 is 1.85 bits per heavy atom. The lowest BCUT2D eigenvalue weighted by atomic mass is 10.2.